The second-order valence-electron chi connectivity index (χ2n) is 4.82. The zero-order valence-corrected chi connectivity index (χ0v) is 11.5. The van der Waals surface area contributed by atoms with E-state index in [0.29, 0.717) is 11.3 Å². The summed E-state index contributed by atoms with van der Waals surface area (Å²) in [6.07, 6.45) is 1.65. The predicted octanol–water partition coefficient (Wildman–Crippen LogP) is 2.24. The molecule has 0 radical (unpaired) electrons. The molecule has 2 N–H and O–H groups in total. The van der Waals surface area contributed by atoms with Crippen LogP contribution in [0.2, 0.25) is 0 Å². The number of aromatic nitrogens is 3. The third kappa shape index (κ3) is 2.95. The zero-order chi connectivity index (χ0) is 15.5. The van der Waals surface area contributed by atoms with Gasteiger partial charge >= 0.3 is 0 Å². The number of phenols is 2. The van der Waals surface area contributed by atoms with Crippen molar-refractivity contribution in [1.82, 2.24) is 15.0 Å². The number of nitrogens with zero attached hydrogens (tertiary/aromatic N) is 3. The van der Waals surface area contributed by atoms with E-state index >= 15 is 0 Å². The highest BCUT2D eigenvalue weighted by molar-refractivity contribution is 5.95. The van der Waals surface area contributed by atoms with E-state index in [4.69, 9.17) is 0 Å². The van der Waals surface area contributed by atoms with Crippen molar-refractivity contribution in [2.45, 2.75) is 6.54 Å². The smallest absolute Gasteiger partial charge is 0.184 e. The number of carbonyl (C=O) groups excluding carboxylic acids is 1. The number of rotatable bonds is 4. The lowest BCUT2D eigenvalue weighted by molar-refractivity contribution is 0.0967. The summed E-state index contributed by atoms with van der Waals surface area (Å²) in [6, 6.07) is 12.7. The van der Waals surface area contributed by atoms with Crippen molar-refractivity contribution in [2.75, 3.05) is 0 Å². The van der Waals surface area contributed by atoms with Gasteiger partial charge in [0.1, 0.15) is 23.7 Å². The third-order valence-corrected chi connectivity index (χ3v) is 3.18. The zero-order valence-electron chi connectivity index (χ0n) is 11.5. The van der Waals surface area contributed by atoms with Gasteiger partial charge in [0.15, 0.2) is 5.78 Å². The topological polar surface area (TPSA) is 88.2 Å². The molecule has 3 aromatic rings. The number of hydrogen-bond donors (Lipinski definition) is 2. The Morgan fingerprint density at radius 2 is 1.82 bits per heavy atom. The lowest BCUT2D eigenvalue weighted by Crippen LogP contribution is -2.10. The Labute approximate surface area is 126 Å². The first kappa shape index (κ1) is 13.8. The van der Waals surface area contributed by atoms with Gasteiger partial charge in [0, 0.05) is 11.1 Å². The van der Waals surface area contributed by atoms with Crippen LogP contribution in [-0.2, 0) is 6.54 Å². The van der Waals surface area contributed by atoms with Gasteiger partial charge in [-0.05, 0) is 36.4 Å². The van der Waals surface area contributed by atoms with Crippen molar-refractivity contribution in [3.05, 3.63) is 60.3 Å². The maximum absolute atomic E-state index is 12.1. The van der Waals surface area contributed by atoms with Gasteiger partial charge in [0.05, 0.1) is 6.20 Å². The van der Waals surface area contributed by atoms with Gasteiger partial charge in [0.2, 0.25) is 0 Å². The summed E-state index contributed by atoms with van der Waals surface area (Å²) < 4.78 is 1.44. The lowest BCUT2D eigenvalue weighted by Gasteiger charge is -2.01. The fourth-order valence-corrected chi connectivity index (χ4v) is 2.06. The first-order valence-electron chi connectivity index (χ1n) is 6.63. The largest absolute Gasteiger partial charge is 0.508 e. The van der Waals surface area contributed by atoms with Crippen molar-refractivity contribution < 1.29 is 15.0 Å². The first-order valence-corrected chi connectivity index (χ1v) is 6.63. The molecule has 1 heterocycles. The van der Waals surface area contributed by atoms with E-state index in [1.54, 1.807) is 42.6 Å². The van der Waals surface area contributed by atoms with Gasteiger partial charge in [-0.15, -0.1) is 5.10 Å². The highest BCUT2D eigenvalue weighted by Gasteiger charge is 2.10. The van der Waals surface area contributed by atoms with Crippen LogP contribution < -0.4 is 0 Å². The Kier molecular flexibility index (Phi) is 3.57. The first-order chi connectivity index (χ1) is 10.6. The Bertz CT molecular complexity index is 810. The maximum Gasteiger partial charge on any atom is 0.184 e. The average molecular weight is 295 g/mol. The van der Waals surface area contributed by atoms with Crippen LogP contribution in [-0.4, -0.2) is 31.0 Å². The molecule has 0 spiro atoms. The molecule has 0 atom stereocenters. The monoisotopic (exact) mass is 295 g/mol. The van der Waals surface area contributed by atoms with Gasteiger partial charge in [-0.25, -0.2) is 4.68 Å². The molecule has 0 unspecified atom stereocenters. The highest BCUT2D eigenvalue weighted by atomic mass is 16.3. The molecule has 6 heteroatoms. The maximum atomic E-state index is 12.1. The highest BCUT2D eigenvalue weighted by Crippen LogP contribution is 2.20. The van der Waals surface area contributed by atoms with E-state index in [1.165, 1.54) is 16.8 Å². The molecule has 1 aromatic heterocycles. The number of carbonyl (C=O) groups is 1. The van der Waals surface area contributed by atoms with Gasteiger partial charge in [-0.3, -0.25) is 4.79 Å². The molecule has 0 bridgehead atoms. The van der Waals surface area contributed by atoms with Crippen LogP contribution in [0.15, 0.2) is 54.7 Å². The van der Waals surface area contributed by atoms with E-state index in [0.717, 1.165) is 5.56 Å². The second kappa shape index (κ2) is 5.69. The standard InChI is InChI=1S/C16H13N3O3/c20-13-6-4-11(5-7-13)16(22)10-19-9-15(17-18-19)12-2-1-3-14(21)8-12/h1-9,20-21H,10H2. The van der Waals surface area contributed by atoms with E-state index < -0.39 is 0 Å². The molecular formula is C16H13N3O3. The molecule has 0 fully saturated rings. The van der Waals surface area contributed by atoms with Gasteiger partial charge in [0.25, 0.3) is 0 Å². The van der Waals surface area contributed by atoms with E-state index in [-0.39, 0.29) is 23.8 Å². The number of hydrogen-bond acceptors (Lipinski definition) is 5. The van der Waals surface area contributed by atoms with Crippen molar-refractivity contribution in [3.8, 4) is 22.8 Å². The average Bonchev–Trinajstić information content (AvgIpc) is 2.96. The second-order valence-corrected chi connectivity index (χ2v) is 4.82. The van der Waals surface area contributed by atoms with Crippen LogP contribution in [0.5, 0.6) is 11.5 Å². The van der Waals surface area contributed by atoms with Crippen LogP contribution >= 0.6 is 0 Å². The van der Waals surface area contributed by atoms with Crippen LogP contribution in [0, 0.1) is 0 Å². The molecule has 0 saturated carbocycles. The summed E-state index contributed by atoms with van der Waals surface area (Å²) in [5, 5.41) is 26.6. The van der Waals surface area contributed by atoms with E-state index in [9.17, 15) is 15.0 Å². The van der Waals surface area contributed by atoms with Crippen molar-refractivity contribution in [1.29, 1.82) is 0 Å². The summed E-state index contributed by atoms with van der Waals surface area (Å²) in [5.41, 5.74) is 1.80. The van der Waals surface area contributed by atoms with Crippen LogP contribution in [0.4, 0.5) is 0 Å². The van der Waals surface area contributed by atoms with Crippen LogP contribution in [0.3, 0.4) is 0 Å². The minimum atomic E-state index is -0.132. The van der Waals surface area contributed by atoms with Crippen LogP contribution in [0.25, 0.3) is 11.3 Å². The molecule has 0 aliphatic rings. The van der Waals surface area contributed by atoms with Crippen LogP contribution in [0.1, 0.15) is 10.4 Å². The molecular weight excluding hydrogens is 282 g/mol. The lowest BCUT2D eigenvalue weighted by atomic mass is 10.1. The minimum Gasteiger partial charge on any atom is -0.508 e. The van der Waals surface area contributed by atoms with Crippen molar-refractivity contribution in [3.63, 3.8) is 0 Å². The summed E-state index contributed by atoms with van der Waals surface area (Å²) in [4.78, 5) is 12.1. The van der Waals surface area contributed by atoms with Gasteiger partial charge in [-0.2, -0.15) is 0 Å². The Morgan fingerprint density at radius 3 is 2.55 bits per heavy atom. The summed E-state index contributed by atoms with van der Waals surface area (Å²) >= 11 is 0. The molecule has 0 aliphatic heterocycles. The molecule has 0 aliphatic carbocycles. The molecule has 0 saturated heterocycles. The SMILES string of the molecule is O=C(Cn1cc(-c2cccc(O)c2)nn1)c1ccc(O)cc1. The number of Topliss-reactive ketones (excluding diaryl/α,β-unsaturated/α-hetero) is 1. The molecule has 6 nitrogen and oxygen atoms in total. The number of benzene rings is 2. The molecule has 110 valence electrons. The Hall–Kier alpha value is -3.15. The normalized spacial score (nSPS) is 10.5. The Morgan fingerprint density at radius 1 is 1.05 bits per heavy atom. The molecule has 22 heavy (non-hydrogen) atoms. The summed E-state index contributed by atoms with van der Waals surface area (Å²) in [7, 11) is 0. The number of aromatic hydroxyl groups is 2. The molecule has 2 aromatic carbocycles. The summed E-state index contributed by atoms with van der Waals surface area (Å²) in [5.74, 6) is 0.128. The van der Waals surface area contributed by atoms with E-state index in [1.807, 2.05) is 0 Å². The molecule has 0 amide bonds. The quantitative estimate of drug-likeness (QED) is 0.721. The molecule has 3 rings (SSSR count). The van der Waals surface area contributed by atoms with Gasteiger partial charge < -0.3 is 10.2 Å². The van der Waals surface area contributed by atoms with Crippen molar-refractivity contribution in [2.24, 2.45) is 0 Å². The minimum absolute atomic E-state index is 0.0522. The fraction of sp³-hybridized carbons (Fsp3) is 0.0625. The fourth-order valence-electron chi connectivity index (χ4n) is 2.06. The van der Waals surface area contributed by atoms with Gasteiger partial charge in [-0.1, -0.05) is 17.3 Å². The Balaban J connectivity index is 1.77. The number of phenolic OH excluding ortho intramolecular Hbond substituents is 2. The van der Waals surface area contributed by atoms with Crippen molar-refractivity contribution >= 4 is 5.78 Å². The van der Waals surface area contributed by atoms with E-state index in [2.05, 4.69) is 10.3 Å². The third-order valence-electron chi connectivity index (χ3n) is 3.18. The number of ketones is 1. The summed E-state index contributed by atoms with van der Waals surface area (Å²) in [6.45, 7) is 0.0522. The predicted molar refractivity (Wildman–Crippen MR) is 79.6 cm³/mol.